The molecule has 8 fully saturated rings. The number of carbonyl (C=O) groups is 1. The molecular formula is C25H42N3NaO6. The Balaban J connectivity index is 0.000000267. The summed E-state index contributed by atoms with van der Waals surface area (Å²) in [5, 5.41) is 48.2. The molecule has 8 aliphatic carbocycles. The maximum Gasteiger partial charge on any atom is 1.00 e. The van der Waals surface area contributed by atoms with Crippen LogP contribution in [-0.2, 0) is 9.68 Å². The molecule has 0 aromatic carbocycles. The van der Waals surface area contributed by atoms with E-state index in [2.05, 4.69) is 16.9 Å². The van der Waals surface area contributed by atoms with Gasteiger partial charge in [-0.25, -0.2) is 5.90 Å². The molecule has 9 nitrogen and oxygen atoms in total. The molecule has 6 N–H and O–H groups in total. The Hall–Kier alpha value is -0.570. The van der Waals surface area contributed by atoms with Crippen molar-refractivity contribution in [3.8, 4) is 6.07 Å². The molecule has 0 radical (unpaired) electrons. The maximum atomic E-state index is 9.18. The minimum Gasteiger partial charge on any atom is -0.662 e. The van der Waals surface area contributed by atoms with E-state index < -0.39 is 0 Å². The zero-order chi connectivity index (χ0) is 25.4. The Morgan fingerprint density at radius 3 is 1.46 bits per heavy atom. The summed E-state index contributed by atoms with van der Waals surface area (Å²) in [5.41, 5.74) is 0.926. The quantitative estimate of drug-likeness (QED) is 0.110. The molecule has 0 aromatic heterocycles. The first-order chi connectivity index (χ1) is 16.4. The number of nitrogens with two attached hydrogens (primary N) is 1. The fourth-order valence-corrected chi connectivity index (χ4v) is 8.90. The number of rotatable bonds is 3. The second-order valence-corrected chi connectivity index (χ2v) is 11.3. The van der Waals surface area contributed by atoms with Crippen molar-refractivity contribution >= 4 is 12.2 Å². The summed E-state index contributed by atoms with van der Waals surface area (Å²) >= 11 is 0. The van der Waals surface area contributed by atoms with Crippen LogP contribution >= 0.6 is 0 Å². The van der Waals surface area contributed by atoms with Crippen molar-refractivity contribution in [1.29, 1.82) is 10.7 Å². The molecule has 0 aromatic rings. The molecule has 0 aliphatic heterocycles. The van der Waals surface area contributed by atoms with E-state index in [1.54, 1.807) is 0 Å². The van der Waals surface area contributed by atoms with Gasteiger partial charge in [0.1, 0.15) is 0 Å². The third-order valence-electron chi connectivity index (χ3n) is 9.15. The first-order valence-electron chi connectivity index (χ1n) is 12.5. The van der Waals surface area contributed by atoms with E-state index in [0.29, 0.717) is 5.71 Å². The number of carbonyl (C=O) groups excluding carboxylic acids is 1. The van der Waals surface area contributed by atoms with Gasteiger partial charge in [-0.1, -0.05) is 0 Å². The van der Waals surface area contributed by atoms with E-state index in [4.69, 9.17) is 25.8 Å². The smallest absolute Gasteiger partial charge is 0.662 e. The molecule has 0 heterocycles. The Kier molecular flexibility index (Phi) is 13.9. The molecule has 8 bridgehead atoms. The Morgan fingerprint density at radius 2 is 1.23 bits per heavy atom. The van der Waals surface area contributed by atoms with Gasteiger partial charge in [0.05, 0.1) is 18.1 Å². The molecule has 8 aliphatic rings. The number of nitrogens with zero attached hydrogens (tertiary/aromatic N) is 1. The van der Waals surface area contributed by atoms with Crippen molar-refractivity contribution in [3.05, 3.63) is 0 Å². The normalized spacial score (nSPS) is 39.8. The van der Waals surface area contributed by atoms with Crippen LogP contribution in [0.5, 0.6) is 0 Å². The van der Waals surface area contributed by atoms with E-state index in [1.165, 1.54) is 77.0 Å². The van der Waals surface area contributed by atoms with Crippen LogP contribution in [0.25, 0.3) is 0 Å². The molecule has 35 heavy (non-hydrogen) atoms. The van der Waals surface area contributed by atoms with Gasteiger partial charge in [-0.15, -0.1) is 0 Å². The fourth-order valence-electron chi connectivity index (χ4n) is 8.90. The van der Waals surface area contributed by atoms with E-state index in [0.717, 1.165) is 42.6 Å². The summed E-state index contributed by atoms with van der Waals surface area (Å²) in [6.45, 7) is -0.188. The molecule has 0 spiro atoms. The summed E-state index contributed by atoms with van der Waals surface area (Å²) in [7, 11) is 1.00. The molecule has 0 atom stereocenters. The third kappa shape index (κ3) is 7.71. The zero-order valence-corrected chi connectivity index (χ0v) is 23.3. The van der Waals surface area contributed by atoms with Crippen LogP contribution in [0.3, 0.4) is 0 Å². The van der Waals surface area contributed by atoms with Crippen LogP contribution in [0.15, 0.2) is 0 Å². The number of nitriles is 1. The fraction of sp³-hybridized carbons (Fsp3) is 0.880. The first kappa shape index (κ1) is 32.5. The standard InChI is InChI=1S/C12H19NO.C11H15N.CH2O3.CH4O.H3NO.Na/c13-11(7-14)12-4-8-1-9(5-12)3-10(2-8)6-12;12-7-11-4-8-1-9(5-11)3-10(2-8)6-11;2-1-4-3;2*1-2;/h8-10,13-14H,1-7H2;8-10H,1-6H2;1,3H;2H,1H3;2H,1H2;/q;;;;;+1/p-1. The topological polar surface area (TPSA) is 184 Å². The minimum atomic E-state index is -0.181. The van der Waals surface area contributed by atoms with Gasteiger partial charge in [0.2, 0.25) is 0 Å². The second-order valence-electron chi connectivity index (χ2n) is 11.3. The molecule has 8 saturated carbocycles. The van der Waals surface area contributed by atoms with Crippen molar-refractivity contribution < 1.29 is 59.9 Å². The molecule has 10 heteroatoms. The van der Waals surface area contributed by atoms with Crippen LogP contribution in [-0.4, -0.2) is 41.3 Å². The number of hydrogen-bond acceptors (Lipinski definition) is 9. The average Bonchev–Trinajstić information content (AvgIpc) is 2.85. The molecule has 194 valence electrons. The third-order valence-corrected chi connectivity index (χ3v) is 9.15. The average molecular weight is 504 g/mol. The predicted octanol–water partition coefficient (Wildman–Crippen LogP) is -0.677. The van der Waals surface area contributed by atoms with Crippen LogP contribution in [0, 0.1) is 63.1 Å². The summed E-state index contributed by atoms with van der Waals surface area (Å²) < 4.78 is 0. The molecule has 0 amide bonds. The number of nitrogens with one attached hydrogen (secondary N) is 1. The van der Waals surface area contributed by atoms with E-state index in [1.807, 2.05) is 0 Å². The molecule has 0 unspecified atom stereocenters. The maximum absolute atomic E-state index is 9.18. The van der Waals surface area contributed by atoms with Gasteiger partial charge < -0.3 is 31.0 Å². The molecule has 0 saturated heterocycles. The van der Waals surface area contributed by atoms with Crippen molar-refractivity contribution in [3.63, 3.8) is 0 Å². The summed E-state index contributed by atoms with van der Waals surface area (Å²) in [6.07, 6.45) is 15.9. The van der Waals surface area contributed by atoms with Crippen molar-refractivity contribution in [2.45, 2.75) is 77.0 Å². The molecular weight excluding hydrogens is 461 g/mol. The van der Waals surface area contributed by atoms with E-state index in [9.17, 15) is 10.4 Å². The van der Waals surface area contributed by atoms with Gasteiger partial charge in [0.15, 0.2) is 0 Å². The van der Waals surface area contributed by atoms with Gasteiger partial charge in [0, 0.05) is 18.2 Å². The SMILES string of the molecule is CO.N#CC12CC3CC(CC(C3)C1)C2.N=C(CO)C12CC3CC(CC(C3)C1)C2.NO.O=CO[O-].[Na+]. The van der Waals surface area contributed by atoms with Gasteiger partial charge in [-0.3, -0.25) is 4.79 Å². The Bertz CT molecular complexity index is 643. The van der Waals surface area contributed by atoms with Crippen LogP contribution in [0.4, 0.5) is 0 Å². The first-order valence-corrected chi connectivity index (χ1v) is 12.5. The van der Waals surface area contributed by atoms with Gasteiger partial charge >= 0.3 is 29.6 Å². The largest absolute Gasteiger partial charge is 1.00 e. The predicted molar refractivity (Wildman–Crippen MR) is 123 cm³/mol. The van der Waals surface area contributed by atoms with E-state index >= 15 is 0 Å². The number of aliphatic hydroxyl groups excluding tert-OH is 2. The van der Waals surface area contributed by atoms with Crippen LogP contribution < -0.4 is 40.7 Å². The number of hydrogen-bond donors (Lipinski definition) is 5. The molecule has 8 rings (SSSR count). The monoisotopic (exact) mass is 503 g/mol. The Labute approximate surface area is 231 Å². The van der Waals surface area contributed by atoms with Crippen LogP contribution in [0.1, 0.15) is 77.0 Å². The zero-order valence-electron chi connectivity index (χ0n) is 21.3. The Morgan fingerprint density at radius 1 is 0.943 bits per heavy atom. The van der Waals surface area contributed by atoms with Gasteiger partial charge in [-0.2, -0.15) is 5.26 Å². The minimum absolute atomic E-state index is 0. The van der Waals surface area contributed by atoms with E-state index in [-0.39, 0.29) is 53.5 Å². The second kappa shape index (κ2) is 15.0. The van der Waals surface area contributed by atoms with Crippen molar-refractivity contribution in [2.24, 2.45) is 52.2 Å². The summed E-state index contributed by atoms with van der Waals surface area (Å²) in [5.74, 6) is 8.93. The van der Waals surface area contributed by atoms with Crippen molar-refractivity contribution in [1.82, 2.24) is 0 Å². The number of aliphatic hydroxyl groups is 2. The van der Waals surface area contributed by atoms with Gasteiger partial charge in [0.25, 0.3) is 6.47 Å². The summed E-state index contributed by atoms with van der Waals surface area (Å²) in [6, 6.07) is 2.61. The van der Waals surface area contributed by atoms with Crippen molar-refractivity contribution in [2.75, 3.05) is 13.7 Å². The van der Waals surface area contributed by atoms with Gasteiger partial charge in [-0.05, 0) is 113 Å². The summed E-state index contributed by atoms with van der Waals surface area (Å²) in [4.78, 5) is 11.2. The van der Waals surface area contributed by atoms with Crippen LogP contribution in [0.2, 0.25) is 0 Å².